The molecule has 1 heterocycles. The Morgan fingerprint density at radius 3 is 2.55 bits per heavy atom. The van der Waals surface area contributed by atoms with E-state index < -0.39 is 23.9 Å². The second-order valence-electron chi connectivity index (χ2n) is 3.72. The molecular formula is C11H11Br2NO5S. The molecule has 0 saturated carbocycles. The number of methoxy groups -OCH3 is 1. The lowest BCUT2D eigenvalue weighted by atomic mass is 10.1. The fourth-order valence-electron chi connectivity index (χ4n) is 1.35. The number of carboxylic acids is 1. The van der Waals surface area contributed by atoms with Crippen molar-refractivity contribution in [2.75, 3.05) is 7.11 Å². The van der Waals surface area contributed by atoms with Crippen molar-refractivity contribution >= 4 is 61.0 Å². The zero-order valence-electron chi connectivity index (χ0n) is 10.3. The molecule has 2 N–H and O–H groups in total. The number of esters is 1. The summed E-state index contributed by atoms with van der Waals surface area (Å²) in [6.07, 6.45) is -0.112. The third-order valence-electron chi connectivity index (χ3n) is 2.37. The predicted octanol–water partition coefficient (Wildman–Crippen LogP) is 2.41. The van der Waals surface area contributed by atoms with Crippen LogP contribution in [0.2, 0.25) is 0 Å². The van der Waals surface area contributed by atoms with Gasteiger partial charge in [0.2, 0.25) is 0 Å². The minimum atomic E-state index is -1.20. The Morgan fingerprint density at radius 2 is 2.10 bits per heavy atom. The van der Waals surface area contributed by atoms with Gasteiger partial charge in [-0.25, -0.2) is 4.79 Å². The van der Waals surface area contributed by atoms with Gasteiger partial charge in [-0.3, -0.25) is 9.59 Å². The molecule has 6 nitrogen and oxygen atoms in total. The molecule has 110 valence electrons. The van der Waals surface area contributed by atoms with E-state index in [-0.39, 0.29) is 12.8 Å². The van der Waals surface area contributed by atoms with Crippen LogP contribution in [0.15, 0.2) is 13.6 Å². The smallest absolute Gasteiger partial charge is 0.326 e. The highest BCUT2D eigenvalue weighted by molar-refractivity contribution is 9.12. The fourth-order valence-corrected chi connectivity index (χ4v) is 4.15. The number of hydrogen-bond donors (Lipinski definition) is 2. The summed E-state index contributed by atoms with van der Waals surface area (Å²) in [4.78, 5) is 34.1. The Labute approximate surface area is 135 Å². The first-order valence-electron chi connectivity index (χ1n) is 5.40. The molecule has 1 atom stereocenters. The topological polar surface area (TPSA) is 92.7 Å². The number of nitrogens with one attached hydrogen (secondary N) is 1. The van der Waals surface area contributed by atoms with Gasteiger partial charge in [-0.05, 0) is 44.3 Å². The van der Waals surface area contributed by atoms with Crippen LogP contribution in [0.3, 0.4) is 0 Å². The van der Waals surface area contributed by atoms with Crippen molar-refractivity contribution in [2.24, 2.45) is 0 Å². The number of ether oxygens (including phenoxy) is 1. The standard InChI is InChI=1S/C11H11Br2NO5S/c1-19-8(15)3-2-6(11(17)18)14-10(16)5-4-7(12)20-9(5)13/h4,6H,2-3H2,1H3,(H,14,16)(H,17,18)/t6-/m0/s1. The minimum Gasteiger partial charge on any atom is -0.480 e. The molecular weight excluding hydrogens is 418 g/mol. The van der Waals surface area contributed by atoms with E-state index in [1.54, 1.807) is 6.07 Å². The Kier molecular flexibility index (Phi) is 6.63. The van der Waals surface area contributed by atoms with Crippen molar-refractivity contribution in [3.63, 3.8) is 0 Å². The summed E-state index contributed by atoms with van der Waals surface area (Å²) in [5, 5.41) is 11.4. The second kappa shape index (κ2) is 7.75. The monoisotopic (exact) mass is 427 g/mol. The largest absolute Gasteiger partial charge is 0.480 e. The van der Waals surface area contributed by atoms with E-state index in [4.69, 9.17) is 5.11 Å². The summed E-state index contributed by atoms with van der Waals surface area (Å²) in [7, 11) is 1.22. The maximum atomic E-state index is 12.0. The van der Waals surface area contributed by atoms with Crippen LogP contribution in [0, 0.1) is 0 Å². The Balaban J connectivity index is 2.70. The molecule has 0 saturated heterocycles. The lowest BCUT2D eigenvalue weighted by Gasteiger charge is -2.13. The van der Waals surface area contributed by atoms with E-state index in [0.717, 1.165) is 3.79 Å². The van der Waals surface area contributed by atoms with Gasteiger partial charge in [0.05, 0.1) is 20.2 Å². The quantitative estimate of drug-likeness (QED) is 0.678. The molecule has 0 aliphatic rings. The van der Waals surface area contributed by atoms with Gasteiger partial charge in [0.15, 0.2) is 0 Å². The first-order chi connectivity index (χ1) is 9.35. The number of carbonyl (C=O) groups is 3. The molecule has 20 heavy (non-hydrogen) atoms. The summed E-state index contributed by atoms with van der Waals surface area (Å²) in [5.41, 5.74) is 0.339. The molecule has 0 spiro atoms. The highest BCUT2D eigenvalue weighted by Crippen LogP contribution is 2.31. The molecule has 0 aliphatic heterocycles. The van der Waals surface area contributed by atoms with Gasteiger partial charge in [-0.2, -0.15) is 0 Å². The molecule has 1 amide bonds. The average molecular weight is 429 g/mol. The molecule has 1 aromatic heterocycles. The molecule has 0 aliphatic carbocycles. The van der Waals surface area contributed by atoms with Crippen LogP contribution in [0.5, 0.6) is 0 Å². The third-order valence-corrected chi connectivity index (χ3v) is 4.71. The number of aliphatic carboxylic acids is 1. The summed E-state index contributed by atoms with van der Waals surface area (Å²) in [6, 6.07) is 0.440. The number of amides is 1. The molecule has 0 radical (unpaired) electrons. The van der Waals surface area contributed by atoms with Gasteiger partial charge in [0.25, 0.3) is 5.91 Å². The van der Waals surface area contributed by atoms with Crippen LogP contribution < -0.4 is 5.32 Å². The zero-order valence-corrected chi connectivity index (χ0v) is 14.3. The maximum Gasteiger partial charge on any atom is 0.326 e. The Morgan fingerprint density at radius 1 is 1.45 bits per heavy atom. The van der Waals surface area contributed by atoms with Crippen LogP contribution in [-0.2, 0) is 14.3 Å². The van der Waals surface area contributed by atoms with E-state index in [1.807, 2.05) is 0 Å². The van der Waals surface area contributed by atoms with Crippen LogP contribution in [0.1, 0.15) is 23.2 Å². The molecule has 0 fully saturated rings. The normalized spacial score (nSPS) is 11.8. The second-order valence-corrected chi connectivity index (χ2v) is 7.47. The lowest BCUT2D eigenvalue weighted by Crippen LogP contribution is -2.41. The van der Waals surface area contributed by atoms with E-state index in [2.05, 4.69) is 41.9 Å². The first-order valence-corrected chi connectivity index (χ1v) is 7.80. The maximum absolute atomic E-state index is 12.0. The molecule has 0 bridgehead atoms. The highest BCUT2D eigenvalue weighted by Gasteiger charge is 2.23. The van der Waals surface area contributed by atoms with Crippen molar-refractivity contribution in [3.8, 4) is 0 Å². The molecule has 0 aromatic carbocycles. The van der Waals surface area contributed by atoms with Gasteiger partial charge in [0, 0.05) is 6.42 Å². The molecule has 0 unspecified atom stereocenters. The molecule has 1 rings (SSSR count). The number of thiophene rings is 1. The Bertz CT molecular complexity index is 531. The number of halogens is 2. The van der Waals surface area contributed by atoms with E-state index >= 15 is 0 Å². The fraction of sp³-hybridized carbons (Fsp3) is 0.364. The van der Waals surface area contributed by atoms with E-state index in [0.29, 0.717) is 9.35 Å². The summed E-state index contributed by atoms with van der Waals surface area (Å²) >= 11 is 7.77. The van der Waals surface area contributed by atoms with Crippen molar-refractivity contribution < 1.29 is 24.2 Å². The van der Waals surface area contributed by atoms with Crippen molar-refractivity contribution in [3.05, 3.63) is 19.2 Å². The van der Waals surface area contributed by atoms with Crippen LogP contribution in [-0.4, -0.2) is 36.1 Å². The van der Waals surface area contributed by atoms with Crippen molar-refractivity contribution in [1.82, 2.24) is 5.32 Å². The van der Waals surface area contributed by atoms with Gasteiger partial charge in [0.1, 0.15) is 6.04 Å². The third kappa shape index (κ3) is 4.88. The average Bonchev–Trinajstić information content (AvgIpc) is 2.72. The number of hydrogen-bond acceptors (Lipinski definition) is 5. The minimum absolute atomic E-state index is 0.0311. The van der Waals surface area contributed by atoms with Crippen LogP contribution >= 0.6 is 43.2 Å². The van der Waals surface area contributed by atoms with Crippen molar-refractivity contribution in [1.29, 1.82) is 0 Å². The van der Waals surface area contributed by atoms with Gasteiger partial charge >= 0.3 is 11.9 Å². The highest BCUT2D eigenvalue weighted by atomic mass is 79.9. The first kappa shape index (κ1) is 17.1. The van der Waals surface area contributed by atoms with Gasteiger partial charge in [-0.15, -0.1) is 11.3 Å². The van der Waals surface area contributed by atoms with Gasteiger partial charge < -0.3 is 15.2 Å². The summed E-state index contributed by atoms with van der Waals surface area (Å²) in [5.74, 6) is -2.24. The Hall–Kier alpha value is -0.930. The zero-order chi connectivity index (χ0) is 15.3. The van der Waals surface area contributed by atoms with E-state index in [9.17, 15) is 14.4 Å². The predicted molar refractivity (Wildman–Crippen MR) is 79.9 cm³/mol. The number of rotatable bonds is 6. The summed E-state index contributed by atoms with van der Waals surface area (Å²) in [6.45, 7) is 0. The van der Waals surface area contributed by atoms with Crippen molar-refractivity contribution in [2.45, 2.75) is 18.9 Å². The summed E-state index contributed by atoms with van der Waals surface area (Å²) < 4.78 is 5.78. The van der Waals surface area contributed by atoms with Crippen LogP contribution in [0.4, 0.5) is 0 Å². The lowest BCUT2D eigenvalue weighted by molar-refractivity contribution is -0.142. The molecule has 1 aromatic rings. The molecule has 9 heteroatoms. The number of carboxylic acid groups (broad SMARTS) is 1. The SMILES string of the molecule is COC(=O)CC[C@H](NC(=O)c1cc(Br)sc1Br)C(=O)O. The van der Waals surface area contributed by atoms with Gasteiger partial charge in [-0.1, -0.05) is 0 Å². The van der Waals surface area contributed by atoms with E-state index in [1.165, 1.54) is 18.4 Å². The van der Waals surface area contributed by atoms with Crippen LogP contribution in [0.25, 0.3) is 0 Å². The number of carbonyl (C=O) groups excluding carboxylic acids is 2.